The number of carbonyl (C=O) groups is 2. The molecule has 0 aliphatic carbocycles. The van der Waals surface area contributed by atoms with Crippen LogP contribution in [0.4, 0.5) is 13.2 Å². The Hall–Kier alpha value is -3.50. The molecule has 3 heterocycles. The first-order chi connectivity index (χ1) is 15.3. The van der Waals surface area contributed by atoms with Gasteiger partial charge in [-0.25, -0.2) is 13.2 Å². The Bertz CT molecular complexity index is 1140. The number of piperidine rings is 1. The molecule has 2 N–H and O–H groups in total. The first-order valence-electron chi connectivity index (χ1n) is 10.2. The number of pyridine rings is 1. The number of nitrogens with zero attached hydrogens (tertiary/aromatic N) is 3. The summed E-state index contributed by atoms with van der Waals surface area (Å²) >= 11 is 0. The molecule has 32 heavy (non-hydrogen) atoms. The number of carbonyl (C=O) groups excluding carboxylic acids is 2. The van der Waals surface area contributed by atoms with E-state index in [0.717, 1.165) is 25.1 Å². The van der Waals surface area contributed by atoms with Crippen LogP contribution in [0.5, 0.6) is 5.75 Å². The first-order valence-corrected chi connectivity index (χ1v) is 10.2. The fourth-order valence-corrected chi connectivity index (χ4v) is 4.17. The van der Waals surface area contributed by atoms with Crippen molar-refractivity contribution in [3.63, 3.8) is 0 Å². The number of amides is 2. The van der Waals surface area contributed by atoms with Crippen molar-refractivity contribution in [2.24, 2.45) is 0 Å². The van der Waals surface area contributed by atoms with Gasteiger partial charge >= 0.3 is 0 Å². The summed E-state index contributed by atoms with van der Waals surface area (Å²) in [5.41, 5.74) is -1.83. The van der Waals surface area contributed by atoms with Crippen molar-refractivity contribution in [3.8, 4) is 5.75 Å². The minimum Gasteiger partial charge on any atom is -0.502 e. The summed E-state index contributed by atoms with van der Waals surface area (Å²) in [6, 6.07) is 2.88. The van der Waals surface area contributed by atoms with Gasteiger partial charge in [0.2, 0.25) is 5.43 Å². The van der Waals surface area contributed by atoms with Crippen LogP contribution in [0.25, 0.3) is 0 Å². The van der Waals surface area contributed by atoms with Crippen molar-refractivity contribution < 1.29 is 27.9 Å². The van der Waals surface area contributed by atoms with E-state index in [1.54, 1.807) is 5.01 Å². The Morgan fingerprint density at radius 1 is 1.22 bits per heavy atom. The Morgan fingerprint density at radius 3 is 2.72 bits per heavy atom. The zero-order chi connectivity index (χ0) is 23.0. The van der Waals surface area contributed by atoms with Gasteiger partial charge in [0.1, 0.15) is 30.0 Å². The zero-order valence-electron chi connectivity index (χ0n) is 17.0. The molecule has 4 rings (SSSR count). The molecule has 1 saturated heterocycles. The molecule has 0 bridgehead atoms. The lowest BCUT2D eigenvalue weighted by Crippen LogP contribution is -2.63. The average Bonchev–Trinajstić information content (AvgIpc) is 2.77. The number of hydrogen-bond acceptors (Lipinski definition) is 5. The molecule has 1 aromatic carbocycles. The van der Waals surface area contributed by atoms with E-state index in [9.17, 15) is 32.7 Å². The number of rotatable bonds is 5. The number of halogens is 3. The van der Waals surface area contributed by atoms with E-state index < -0.39 is 53.0 Å². The van der Waals surface area contributed by atoms with Crippen LogP contribution in [0.2, 0.25) is 0 Å². The number of aromatic hydroxyl groups is 1. The van der Waals surface area contributed by atoms with Gasteiger partial charge in [-0.1, -0.05) is 6.07 Å². The lowest BCUT2D eigenvalue weighted by Gasteiger charge is -2.48. The monoisotopic (exact) mass is 450 g/mol. The van der Waals surface area contributed by atoms with Gasteiger partial charge in [0, 0.05) is 30.9 Å². The van der Waals surface area contributed by atoms with Crippen molar-refractivity contribution in [1.29, 1.82) is 0 Å². The summed E-state index contributed by atoms with van der Waals surface area (Å²) in [6.45, 7) is -0.805. The predicted molar refractivity (Wildman–Crippen MR) is 108 cm³/mol. The van der Waals surface area contributed by atoms with E-state index in [0.29, 0.717) is 19.0 Å². The Balaban J connectivity index is 1.68. The molecule has 2 amide bonds. The minimum atomic E-state index is -1.07. The molecule has 2 aromatic rings. The van der Waals surface area contributed by atoms with Gasteiger partial charge in [-0.3, -0.25) is 24.1 Å². The standard InChI is InChI=1S/C21H21F3N4O4/c22-6-8-26-16-3-1-2-7-27(16)28-11-14(18(29)19(30)17(28)21(26)32)20(31)25-10-12-4-5-13(23)9-15(12)24/h4-5,9,11,16,30H,1-3,6-8,10H2,(H,25,31)/t16-/m0/s1. The number of hydrogen-bond donors (Lipinski definition) is 2. The van der Waals surface area contributed by atoms with Crippen LogP contribution in [-0.2, 0) is 6.54 Å². The van der Waals surface area contributed by atoms with Crippen LogP contribution in [-0.4, -0.2) is 52.4 Å². The van der Waals surface area contributed by atoms with Gasteiger partial charge in [-0.05, 0) is 25.3 Å². The van der Waals surface area contributed by atoms with Crippen LogP contribution in [0.1, 0.15) is 45.7 Å². The van der Waals surface area contributed by atoms with Gasteiger partial charge < -0.3 is 15.3 Å². The lowest BCUT2D eigenvalue weighted by atomic mass is 10.1. The van der Waals surface area contributed by atoms with Gasteiger partial charge in [0.25, 0.3) is 11.8 Å². The Kier molecular flexibility index (Phi) is 5.81. The second-order valence-electron chi connectivity index (χ2n) is 7.66. The number of nitrogens with one attached hydrogen (secondary N) is 1. The van der Waals surface area contributed by atoms with Crippen LogP contribution >= 0.6 is 0 Å². The highest BCUT2D eigenvalue weighted by molar-refractivity contribution is 5.99. The maximum atomic E-state index is 13.8. The molecule has 8 nitrogen and oxygen atoms in total. The molecule has 0 saturated carbocycles. The van der Waals surface area contributed by atoms with E-state index in [1.807, 2.05) is 0 Å². The smallest absolute Gasteiger partial charge is 0.278 e. The Morgan fingerprint density at radius 2 is 2.00 bits per heavy atom. The zero-order valence-corrected chi connectivity index (χ0v) is 17.0. The molecular formula is C21H21F3N4O4. The molecule has 1 fully saturated rings. The van der Waals surface area contributed by atoms with Crippen molar-refractivity contribution in [2.75, 3.05) is 24.8 Å². The fourth-order valence-electron chi connectivity index (χ4n) is 4.17. The molecule has 2 aliphatic heterocycles. The molecule has 1 atom stereocenters. The molecule has 0 spiro atoms. The molecule has 1 aromatic heterocycles. The SMILES string of the molecule is O=C(NCc1ccc(F)cc1F)c1cn2c(c(O)c1=O)C(=O)N(CCF)[C@@H]1CCCCN12. The highest BCUT2D eigenvalue weighted by Crippen LogP contribution is 2.29. The highest BCUT2D eigenvalue weighted by Gasteiger charge is 2.41. The summed E-state index contributed by atoms with van der Waals surface area (Å²) in [4.78, 5) is 39.5. The summed E-state index contributed by atoms with van der Waals surface area (Å²) in [5.74, 6) is -4.12. The lowest BCUT2D eigenvalue weighted by molar-refractivity contribution is 0.0501. The number of benzene rings is 1. The quantitative estimate of drug-likeness (QED) is 0.722. The minimum absolute atomic E-state index is 0.00942. The maximum Gasteiger partial charge on any atom is 0.278 e. The average molecular weight is 450 g/mol. The fraction of sp³-hybridized carbons (Fsp3) is 0.381. The van der Waals surface area contributed by atoms with Crippen molar-refractivity contribution >= 4 is 11.8 Å². The number of fused-ring (bicyclic) bond motifs is 3. The normalized spacial score (nSPS) is 17.7. The Labute approximate surface area is 180 Å². The third-order valence-corrected chi connectivity index (χ3v) is 5.73. The summed E-state index contributed by atoms with van der Waals surface area (Å²) in [5, 5.41) is 14.6. The van der Waals surface area contributed by atoms with Gasteiger partial charge in [-0.2, -0.15) is 0 Å². The van der Waals surface area contributed by atoms with Crippen molar-refractivity contribution in [1.82, 2.24) is 14.9 Å². The summed E-state index contributed by atoms with van der Waals surface area (Å²) in [7, 11) is 0. The highest BCUT2D eigenvalue weighted by atomic mass is 19.1. The largest absolute Gasteiger partial charge is 0.502 e. The van der Waals surface area contributed by atoms with E-state index in [4.69, 9.17) is 0 Å². The van der Waals surface area contributed by atoms with E-state index in [2.05, 4.69) is 5.32 Å². The van der Waals surface area contributed by atoms with Crippen LogP contribution in [0.15, 0.2) is 29.2 Å². The van der Waals surface area contributed by atoms with Gasteiger partial charge in [0.05, 0.1) is 6.54 Å². The molecule has 0 unspecified atom stereocenters. The second kappa shape index (κ2) is 8.56. The number of aromatic nitrogens is 1. The number of alkyl halides is 1. The molecule has 2 aliphatic rings. The molecular weight excluding hydrogens is 429 g/mol. The molecule has 170 valence electrons. The summed E-state index contributed by atoms with van der Waals surface area (Å²) < 4.78 is 41.2. The van der Waals surface area contributed by atoms with Crippen LogP contribution in [0, 0.1) is 11.6 Å². The molecule has 11 heteroatoms. The predicted octanol–water partition coefficient (Wildman–Crippen LogP) is 1.64. The summed E-state index contributed by atoms with van der Waals surface area (Å²) in [6.07, 6.45) is 2.85. The third-order valence-electron chi connectivity index (χ3n) is 5.73. The van der Waals surface area contributed by atoms with E-state index in [1.165, 1.54) is 15.6 Å². The first kappa shape index (κ1) is 21.7. The van der Waals surface area contributed by atoms with Crippen molar-refractivity contribution in [3.05, 3.63) is 63.1 Å². The third kappa shape index (κ3) is 3.67. The van der Waals surface area contributed by atoms with Crippen LogP contribution in [0.3, 0.4) is 0 Å². The molecule has 0 radical (unpaired) electrons. The van der Waals surface area contributed by atoms with E-state index >= 15 is 0 Å². The second-order valence-corrected chi connectivity index (χ2v) is 7.66. The van der Waals surface area contributed by atoms with Crippen LogP contribution < -0.4 is 15.8 Å². The van der Waals surface area contributed by atoms with Crippen molar-refractivity contribution in [2.45, 2.75) is 32.0 Å². The topological polar surface area (TPSA) is 94.9 Å². The van der Waals surface area contributed by atoms with Gasteiger partial charge in [-0.15, -0.1) is 0 Å². The van der Waals surface area contributed by atoms with E-state index in [-0.39, 0.29) is 24.3 Å². The van der Waals surface area contributed by atoms with Gasteiger partial charge in [0.15, 0.2) is 11.4 Å². The maximum absolute atomic E-state index is 13.8.